The van der Waals surface area contributed by atoms with Gasteiger partial charge in [0.2, 0.25) is 5.91 Å². The lowest BCUT2D eigenvalue weighted by atomic mass is 10.1. The first-order chi connectivity index (χ1) is 10.1. The number of amides is 1. The highest BCUT2D eigenvalue weighted by molar-refractivity contribution is 5.76. The van der Waals surface area contributed by atoms with Gasteiger partial charge in [-0.3, -0.25) is 4.79 Å². The summed E-state index contributed by atoms with van der Waals surface area (Å²) in [7, 11) is 1.62. The van der Waals surface area contributed by atoms with Crippen molar-refractivity contribution in [3.63, 3.8) is 0 Å². The van der Waals surface area contributed by atoms with Gasteiger partial charge in [-0.25, -0.2) is 4.68 Å². The molecule has 0 saturated heterocycles. The lowest BCUT2D eigenvalue weighted by Crippen LogP contribution is -2.30. The lowest BCUT2D eigenvalue weighted by Gasteiger charge is -2.14. The molecule has 0 aliphatic carbocycles. The van der Waals surface area contributed by atoms with E-state index in [4.69, 9.17) is 10.5 Å². The van der Waals surface area contributed by atoms with Crippen molar-refractivity contribution in [1.29, 1.82) is 0 Å². The molecule has 0 aliphatic rings. The Labute approximate surface area is 123 Å². The molecule has 0 saturated carbocycles. The average Bonchev–Trinajstić information content (AvgIpc) is 2.94. The molecule has 1 heterocycles. The summed E-state index contributed by atoms with van der Waals surface area (Å²) in [4.78, 5) is 12.0. The number of rotatable bonds is 6. The smallest absolute Gasteiger partial charge is 0.242 e. The number of carbonyl (C=O) groups is 1. The fourth-order valence-corrected chi connectivity index (χ4v) is 1.92. The third-order valence-electron chi connectivity index (χ3n) is 3.09. The van der Waals surface area contributed by atoms with E-state index in [-0.39, 0.29) is 18.5 Å². The molecule has 0 aliphatic heterocycles. The van der Waals surface area contributed by atoms with Crippen LogP contribution in [-0.4, -0.2) is 28.0 Å². The zero-order chi connectivity index (χ0) is 15.2. The average molecular weight is 289 g/mol. The Hall–Kier alpha value is -2.41. The van der Waals surface area contributed by atoms with Gasteiger partial charge in [0, 0.05) is 6.54 Å². The van der Waals surface area contributed by atoms with Crippen LogP contribution in [-0.2, 0) is 17.9 Å². The Kier molecular flexibility index (Phi) is 4.89. The van der Waals surface area contributed by atoms with Gasteiger partial charge in [0.05, 0.1) is 25.0 Å². The minimum Gasteiger partial charge on any atom is -0.497 e. The Balaban J connectivity index is 1.91. The highest BCUT2D eigenvalue weighted by atomic mass is 16.5. The Morgan fingerprint density at radius 2 is 2.14 bits per heavy atom. The number of ether oxygens (including phenoxy) is 1. The predicted molar refractivity (Wildman–Crippen MR) is 77.5 cm³/mol. The van der Waals surface area contributed by atoms with Gasteiger partial charge in [-0.2, -0.15) is 0 Å². The van der Waals surface area contributed by atoms with Crippen molar-refractivity contribution in [3.8, 4) is 5.75 Å². The van der Waals surface area contributed by atoms with Crippen LogP contribution < -0.4 is 15.8 Å². The quantitative estimate of drug-likeness (QED) is 0.813. The van der Waals surface area contributed by atoms with Gasteiger partial charge in [0.1, 0.15) is 12.3 Å². The number of aromatic nitrogens is 3. The Morgan fingerprint density at radius 1 is 1.43 bits per heavy atom. The first-order valence-electron chi connectivity index (χ1n) is 6.64. The Morgan fingerprint density at radius 3 is 2.71 bits per heavy atom. The molecule has 0 fully saturated rings. The van der Waals surface area contributed by atoms with Crippen molar-refractivity contribution in [2.24, 2.45) is 5.73 Å². The lowest BCUT2D eigenvalue weighted by molar-refractivity contribution is -0.122. The molecule has 2 rings (SSSR count). The number of carbonyl (C=O) groups excluding carboxylic acids is 1. The third-order valence-corrected chi connectivity index (χ3v) is 3.09. The summed E-state index contributed by atoms with van der Waals surface area (Å²) in [5, 5.41) is 10.6. The molecule has 1 atom stereocenters. The van der Waals surface area contributed by atoms with E-state index in [1.165, 1.54) is 4.68 Å². The number of benzene rings is 1. The number of methoxy groups -OCH3 is 1. The van der Waals surface area contributed by atoms with Gasteiger partial charge >= 0.3 is 0 Å². The van der Waals surface area contributed by atoms with Crippen molar-refractivity contribution in [2.45, 2.75) is 26.1 Å². The molecule has 1 aromatic carbocycles. The van der Waals surface area contributed by atoms with E-state index < -0.39 is 0 Å². The second kappa shape index (κ2) is 6.85. The second-order valence-corrected chi connectivity index (χ2v) is 4.67. The number of nitrogens with zero attached hydrogens (tertiary/aromatic N) is 3. The van der Waals surface area contributed by atoms with E-state index in [0.717, 1.165) is 11.3 Å². The Bertz CT molecular complexity index is 594. The number of nitrogens with two attached hydrogens (primary N) is 1. The van der Waals surface area contributed by atoms with Gasteiger partial charge in [0.15, 0.2) is 0 Å². The first-order valence-corrected chi connectivity index (χ1v) is 6.64. The standard InChI is InChI=1S/C14H19N5O2/c1-10(11-3-5-13(21-2)6-4-11)16-14(20)9-19-8-12(7-15)17-18-19/h3-6,8,10H,7,9,15H2,1-2H3,(H,16,20)/t10-/m0/s1. The second-order valence-electron chi connectivity index (χ2n) is 4.67. The molecule has 0 spiro atoms. The van der Waals surface area contributed by atoms with Gasteiger partial charge in [-0.15, -0.1) is 5.10 Å². The molecular weight excluding hydrogens is 270 g/mol. The highest BCUT2D eigenvalue weighted by Gasteiger charge is 2.11. The number of nitrogens with one attached hydrogen (secondary N) is 1. The van der Waals surface area contributed by atoms with Crippen LogP contribution in [0, 0.1) is 0 Å². The maximum atomic E-state index is 12.0. The van der Waals surface area contributed by atoms with Crippen molar-refractivity contribution in [2.75, 3.05) is 7.11 Å². The zero-order valence-electron chi connectivity index (χ0n) is 12.1. The monoisotopic (exact) mass is 289 g/mol. The minimum absolute atomic E-state index is 0.0964. The summed E-state index contributed by atoms with van der Waals surface area (Å²) in [6.07, 6.45) is 1.66. The van der Waals surface area contributed by atoms with Crippen LogP contribution in [0.1, 0.15) is 24.2 Å². The fraction of sp³-hybridized carbons (Fsp3) is 0.357. The molecule has 7 heteroatoms. The van der Waals surface area contributed by atoms with Gasteiger partial charge in [-0.05, 0) is 24.6 Å². The molecule has 3 N–H and O–H groups in total. The molecule has 21 heavy (non-hydrogen) atoms. The van der Waals surface area contributed by atoms with E-state index in [0.29, 0.717) is 12.2 Å². The molecule has 1 aromatic heterocycles. The molecule has 7 nitrogen and oxygen atoms in total. The van der Waals surface area contributed by atoms with E-state index in [1.54, 1.807) is 13.3 Å². The highest BCUT2D eigenvalue weighted by Crippen LogP contribution is 2.17. The van der Waals surface area contributed by atoms with Crippen LogP contribution in [0.15, 0.2) is 30.5 Å². The van der Waals surface area contributed by atoms with E-state index in [9.17, 15) is 4.79 Å². The van der Waals surface area contributed by atoms with Crippen LogP contribution in [0.4, 0.5) is 0 Å². The molecule has 2 aromatic rings. The SMILES string of the molecule is COc1ccc([C@H](C)NC(=O)Cn2cc(CN)nn2)cc1. The molecular formula is C14H19N5O2. The summed E-state index contributed by atoms with van der Waals surface area (Å²) in [6, 6.07) is 7.48. The molecule has 112 valence electrons. The van der Waals surface area contributed by atoms with Crippen molar-refractivity contribution >= 4 is 5.91 Å². The van der Waals surface area contributed by atoms with Crippen LogP contribution >= 0.6 is 0 Å². The van der Waals surface area contributed by atoms with E-state index in [2.05, 4.69) is 15.6 Å². The normalized spacial score (nSPS) is 12.0. The molecule has 0 unspecified atom stereocenters. The van der Waals surface area contributed by atoms with Gasteiger partial charge < -0.3 is 15.8 Å². The zero-order valence-corrected chi connectivity index (χ0v) is 12.1. The van der Waals surface area contributed by atoms with Crippen molar-refractivity contribution in [3.05, 3.63) is 41.7 Å². The summed E-state index contributed by atoms with van der Waals surface area (Å²) in [6.45, 7) is 2.35. The summed E-state index contributed by atoms with van der Waals surface area (Å²) in [5.41, 5.74) is 7.11. The minimum atomic E-state index is -0.133. The number of hydrogen-bond acceptors (Lipinski definition) is 5. The van der Waals surface area contributed by atoms with E-state index in [1.807, 2.05) is 31.2 Å². The van der Waals surface area contributed by atoms with Gasteiger partial charge in [0.25, 0.3) is 0 Å². The van der Waals surface area contributed by atoms with Crippen molar-refractivity contribution < 1.29 is 9.53 Å². The third kappa shape index (κ3) is 4.03. The van der Waals surface area contributed by atoms with Crippen LogP contribution in [0.25, 0.3) is 0 Å². The molecule has 0 bridgehead atoms. The van der Waals surface area contributed by atoms with E-state index >= 15 is 0 Å². The topological polar surface area (TPSA) is 95.1 Å². The number of hydrogen-bond donors (Lipinski definition) is 2. The maximum Gasteiger partial charge on any atom is 0.242 e. The van der Waals surface area contributed by atoms with Gasteiger partial charge in [-0.1, -0.05) is 17.3 Å². The van der Waals surface area contributed by atoms with Crippen LogP contribution in [0.2, 0.25) is 0 Å². The maximum absolute atomic E-state index is 12.0. The molecule has 0 radical (unpaired) electrons. The summed E-state index contributed by atoms with van der Waals surface area (Å²) < 4.78 is 6.58. The summed E-state index contributed by atoms with van der Waals surface area (Å²) >= 11 is 0. The fourth-order valence-electron chi connectivity index (χ4n) is 1.92. The first kappa shape index (κ1) is 15.0. The van der Waals surface area contributed by atoms with Crippen LogP contribution in [0.3, 0.4) is 0 Å². The van der Waals surface area contributed by atoms with Crippen molar-refractivity contribution in [1.82, 2.24) is 20.3 Å². The summed E-state index contributed by atoms with van der Waals surface area (Å²) in [5.74, 6) is 0.654. The predicted octanol–water partition coefficient (Wildman–Crippen LogP) is 0.623. The largest absolute Gasteiger partial charge is 0.497 e. The molecule has 1 amide bonds. The van der Waals surface area contributed by atoms with Crippen LogP contribution in [0.5, 0.6) is 5.75 Å².